The molecule has 51 heavy (non-hydrogen) atoms. The van der Waals surface area contributed by atoms with Crippen molar-refractivity contribution in [2.45, 2.75) is 12.0 Å². The molecule has 0 radical (unpaired) electrons. The number of nitrogens with one attached hydrogen (secondary N) is 1. The first-order valence-electron chi connectivity index (χ1n) is 17.3. The van der Waals surface area contributed by atoms with Gasteiger partial charge in [-0.2, -0.15) is 0 Å². The van der Waals surface area contributed by atoms with Crippen LogP contribution >= 0.6 is 0 Å². The Hall–Kier alpha value is -6.65. The molecule has 0 saturated carbocycles. The van der Waals surface area contributed by atoms with Crippen molar-refractivity contribution in [3.63, 3.8) is 0 Å². The van der Waals surface area contributed by atoms with E-state index in [4.69, 9.17) is 15.4 Å². The molecule has 0 spiro atoms. The number of fused-ring (bicyclic) bond motifs is 6. The van der Waals surface area contributed by atoms with Crippen molar-refractivity contribution in [3.05, 3.63) is 209 Å². The lowest BCUT2D eigenvalue weighted by Crippen LogP contribution is -2.23. The van der Waals surface area contributed by atoms with Gasteiger partial charge in [0, 0.05) is 40.2 Å². The van der Waals surface area contributed by atoms with Crippen molar-refractivity contribution in [1.29, 1.82) is 5.41 Å². The van der Waals surface area contributed by atoms with Crippen LogP contribution in [0.5, 0.6) is 0 Å². The zero-order valence-corrected chi connectivity index (χ0v) is 27.9. The second kappa shape index (κ2) is 13.0. The predicted molar refractivity (Wildman–Crippen MR) is 213 cm³/mol. The molecule has 242 valence electrons. The quantitative estimate of drug-likeness (QED) is 0.146. The van der Waals surface area contributed by atoms with Crippen LogP contribution in [-0.4, -0.2) is 17.9 Å². The van der Waals surface area contributed by atoms with Gasteiger partial charge >= 0.3 is 0 Å². The molecule has 7 aromatic carbocycles. The highest BCUT2D eigenvalue weighted by molar-refractivity contribution is 6.15. The van der Waals surface area contributed by atoms with Gasteiger partial charge in [0.25, 0.3) is 0 Å². The van der Waals surface area contributed by atoms with Crippen LogP contribution in [0, 0.1) is 5.41 Å². The summed E-state index contributed by atoms with van der Waals surface area (Å²) in [6.07, 6.45) is 6.55. The average Bonchev–Trinajstić information content (AvgIpc) is 3.55. The Balaban J connectivity index is 1.13. The molecule has 4 heteroatoms. The predicted octanol–water partition coefficient (Wildman–Crippen LogP) is 11.4. The average molecular weight is 655 g/mol. The fourth-order valence-corrected chi connectivity index (χ4v) is 7.61. The van der Waals surface area contributed by atoms with Crippen LogP contribution < -0.4 is 4.90 Å². The molecule has 1 aliphatic heterocycles. The summed E-state index contributed by atoms with van der Waals surface area (Å²) in [5.74, 6) is 0.950. The fraction of sp³-hybridized carbons (Fsp3) is 0.0426. The summed E-state index contributed by atoms with van der Waals surface area (Å²) in [7, 11) is 0. The van der Waals surface area contributed by atoms with E-state index in [-0.39, 0.29) is 11.9 Å². The molecule has 1 aliphatic carbocycles. The molecule has 2 unspecified atom stereocenters. The molecular weight excluding hydrogens is 621 g/mol. The molecule has 7 aromatic rings. The summed E-state index contributed by atoms with van der Waals surface area (Å²) in [6, 6.07) is 59.0. The maximum absolute atomic E-state index is 8.74. The number of hydrogen-bond donors (Lipinski definition) is 1. The van der Waals surface area contributed by atoms with Gasteiger partial charge in [0.15, 0.2) is 11.7 Å². The number of anilines is 2. The van der Waals surface area contributed by atoms with Crippen molar-refractivity contribution in [2.24, 2.45) is 9.98 Å². The van der Waals surface area contributed by atoms with Crippen LogP contribution in [0.25, 0.3) is 28.0 Å². The highest BCUT2D eigenvalue weighted by atomic mass is 15.2. The molecule has 1 heterocycles. The normalized spacial score (nSPS) is 16.2. The summed E-state index contributed by atoms with van der Waals surface area (Å²) in [5, 5.41) is 11.1. The minimum Gasteiger partial charge on any atom is -0.333 e. The third-order valence-electron chi connectivity index (χ3n) is 9.99. The number of hydrogen-bond acceptors (Lipinski definition) is 2. The third kappa shape index (κ3) is 5.57. The molecule has 0 amide bonds. The Bertz CT molecular complexity index is 2500. The highest BCUT2D eigenvalue weighted by Gasteiger charge is 2.41. The lowest BCUT2D eigenvalue weighted by atomic mass is 9.83. The van der Waals surface area contributed by atoms with E-state index in [1.807, 2.05) is 66.9 Å². The van der Waals surface area contributed by atoms with Gasteiger partial charge in [-0.05, 0) is 56.8 Å². The Kier molecular flexibility index (Phi) is 7.75. The maximum atomic E-state index is 8.74. The molecule has 4 nitrogen and oxygen atoms in total. The van der Waals surface area contributed by atoms with Crippen molar-refractivity contribution in [2.75, 3.05) is 4.90 Å². The second-order valence-electron chi connectivity index (χ2n) is 13.0. The van der Waals surface area contributed by atoms with Crippen LogP contribution in [0.3, 0.4) is 0 Å². The number of para-hydroxylation sites is 1. The smallest absolute Gasteiger partial charge is 0.161 e. The highest BCUT2D eigenvalue weighted by Crippen LogP contribution is 2.55. The number of benzene rings is 7. The van der Waals surface area contributed by atoms with E-state index in [0.717, 1.165) is 38.9 Å². The van der Waals surface area contributed by atoms with E-state index in [1.54, 1.807) is 0 Å². The van der Waals surface area contributed by atoms with Crippen LogP contribution in [0.4, 0.5) is 11.4 Å². The van der Waals surface area contributed by atoms with Gasteiger partial charge in [-0.1, -0.05) is 164 Å². The van der Waals surface area contributed by atoms with E-state index >= 15 is 0 Å². The van der Waals surface area contributed by atoms with E-state index in [0.29, 0.717) is 11.8 Å². The number of aliphatic imine (C=N–C) groups is 2. The van der Waals surface area contributed by atoms with E-state index in [9.17, 15) is 0 Å². The van der Waals surface area contributed by atoms with Gasteiger partial charge in [0.05, 0.1) is 6.04 Å². The SMILES string of the molecule is N=C(N=C(N=Cc1ccc2ccccc2c1-c1ccc(N2c3ccccc3C3C=Cc4ccccc4C32)cc1)c1ccccc1)c1ccccc1. The first kappa shape index (κ1) is 30.4. The van der Waals surface area contributed by atoms with Gasteiger partial charge < -0.3 is 4.90 Å². The van der Waals surface area contributed by atoms with Crippen LogP contribution in [0.2, 0.25) is 0 Å². The molecular formula is C47H34N4. The number of nitrogens with zero attached hydrogens (tertiary/aromatic N) is 3. The summed E-state index contributed by atoms with van der Waals surface area (Å²) in [4.78, 5) is 12.2. The van der Waals surface area contributed by atoms with Crippen LogP contribution in [0.15, 0.2) is 186 Å². The molecule has 2 atom stereocenters. The largest absolute Gasteiger partial charge is 0.333 e. The first-order valence-corrected chi connectivity index (χ1v) is 17.3. The molecule has 0 aromatic heterocycles. The van der Waals surface area contributed by atoms with Gasteiger partial charge in [-0.3, -0.25) is 5.41 Å². The van der Waals surface area contributed by atoms with Crippen molar-refractivity contribution < 1.29 is 0 Å². The lowest BCUT2D eigenvalue weighted by molar-refractivity contribution is 0.667. The first-order chi connectivity index (χ1) is 25.2. The monoisotopic (exact) mass is 654 g/mol. The number of amidine groups is 2. The Morgan fingerprint density at radius 1 is 0.608 bits per heavy atom. The van der Waals surface area contributed by atoms with Crippen LogP contribution in [-0.2, 0) is 0 Å². The van der Waals surface area contributed by atoms with E-state index < -0.39 is 0 Å². The summed E-state index contributed by atoms with van der Waals surface area (Å²) in [6.45, 7) is 0. The van der Waals surface area contributed by atoms with Crippen molar-refractivity contribution >= 4 is 46.1 Å². The molecule has 0 fully saturated rings. The third-order valence-corrected chi connectivity index (χ3v) is 9.99. The van der Waals surface area contributed by atoms with Crippen LogP contribution in [0.1, 0.15) is 45.3 Å². The summed E-state index contributed by atoms with van der Waals surface area (Å²) < 4.78 is 0. The standard InChI is InChI=1S/C47H34N4/c48-46(35-15-3-1-4-16-35)50-47(36-17-5-2-6-18-36)49-31-37-24-23-32-13-7-9-19-39(32)44(37)34-25-28-38(29-26-34)51-43-22-12-11-21-41(43)42-30-27-33-14-8-10-20-40(33)45(42)51/h1-31,42,45,48H. The minimum absolute atomic E-state index is 0.169. The van der Waals surface area contributed by atoms with Gasteiger partial charge in [0.2, 0.25) is 0 Å². The van der Waals surface area contributed by atoms with Gasteiger partial charge in [0.1, 0.15) is 0 Å². The minimum atomic E-state index is 0.169. The summed E-state index contributed by atoms with van der Waals surface area (Å²) >= 11 is 0. The second-order valence-corrected chi connectivity index (χ2v) is 13.0. The van der Waals surface area contributed by atoms with E-state index in [2.05, 4.69) is 126 Å². The zero-order chi connectivity index (χ0) is 34.1. The van der Waals surface area contributed by atoms with Crippen molar-refractivity contribution in [3.8, 4) is 11.1 Å². The molecule has 0 saturated heterocycles. The number of rotatable bonds is 5. The molecule has 2 aliphatic rings. The molecule has 0 bridgehead atoms. The van der Waals surface area contributed by atoms with Gasteiger partial charge in [-0.15, -0.1) is 0 Å². The summed E-state index contributed by atoms with van der Waals surface area (Å²) in [5.41, 5.74) is 11.2. The zero-order valence-electron chi connectivity index (χ0n) is 27.9. The Morgan fingerprint density at radius 3 is 2.08 bits per heavy atom. The molecule has 1 N–H and O–H groups in total. The Morgan fingerprint density at radius 2 is 1.27 bits per heavy atom. The maximum Gasteiger partial charge on any atom is 0.161 e. The molecule has 9 rings (SSSR count). The fourth-order valence-electron chi connectivity index (χ4n) is 7.61. The Labute approximate surface area is 297 Å². The van der Waals surface area contributed by atoms with Crippen molar-refractivity contribution in [1.82, 2.24) is 0 Å². The van der Waals surface area contributed by atoms with E-state index in [1.165, 1.54) is 27.8 Å². The van der Waals surface area contributed by atoms with Gasteiger partial charge in [-0.25, -0.2) is 9.98 Å². The lowest BCUT2D eigenvalue weighted by Gasteiger charge is -2.33. The topological polar surface area (TPSA) is 51.8 Å².